The van der Waals surface area contributed by atoms with E-state index in [-0.39, 0.29) is 0 Å². The molecular formula is C20H23N3O4. The summed E-state index contributed by atoms with van der Waals surface area (Å²) in [7, 11) is 3.27. The predicted octanol–water partition coefficient (Wildman–Crippen LogP) is 4.07. The molecule has 0 aliphatic heterocycles. The van der Waals surface area contributed by atoms with Gasteiger partial charge >= 0.3 is 6.09 Å². The van der Waals surface area contributed by atoms with Gasteiger partial charge in [-0.1, -0.05) is 12.1 Å². The molecule has 0 fully saturated rings. The van der Waals surface area contributed by atoms with Gasteiger partial charge in [0.25, 0.3) is 0 Å². The van der Waals surface area contributed by atoms with E-state index in [1.54, 1.807) is 33.3 Å². The minimum absolute atomic E-state index is 0.320. The highest BCUT2D eigenvalue weighted by atomic mass is 16.5. The first-order valence-corrected chi connectivity index (χ1v) is 8.57. The number of hydrogen-bond acceptors (Lipinski definition) is 5. The number of rotatable bonds is 6. The van der Waals surface area contributed by atoms with Crippen LogP contribution in [0.25, 0.3) is 22.2 Å². The Morgan fingerprint density at radius 1 is 1.15 bits per heavy atom. The lowest BCUT2D eigenvalue weighted by atomic mass is 10.1. The lowest BCUT2D eigenvalue weighted by Crippen LogP contribution is -2.13. The summed E-state index contributed by atoms with van der Waals surface area (Å²) in [6.45, 7) is 2.43. The molecule has 0 aliphatic rings. The summed E-state index contributed by atoms with van der Waals surface area (Å²) in [5.74, 6) is 0.748. The minimum Gasteiger partial charge on any atom is -0.497 e. The number of nitrogens with two attached hydrogens (primary N) is 1. The Morgan fingerprint density at radius 3 is 2.52 bits per heavy atom. The number of carbonyl (C=O) groups is 1. The number of nitrogen functional groups attached to an aromatic ring is 1. The Morgan fingerprint density at radius 2 is 1.89 bits per heavy atom. The monoisotopic (exact) mass is 369 g/mol. The lowest BCUT2D eigenvalue weighted by molar-refractivity contribution is 0.136. The number of amides is 1. The van der Waals surface area contributed by atoms with Crippen LogP contribution in [0, 0.1) is 0 Å². The van der Waals surface area contributed by atoms with E-state index in [2.05, 4.69) is 5.32 Å². The number of nitrogens with one attached hydrogen (secondary N) is 1. The maximum atomic E-state index is 11.6. The third kappa shape index (κ3) is 3.68. The van der Waals surface area contributed by atoms with Gasteiger partial charge in [-0.15, -0.1) is 0 Å². The Balaban J connectivity index is 2.03. The molecule has 0 radical (unpaired) electrons. The molecule has 3 N–H and O–H groups in total. The SMILES string of the molecule is CCOC(=O)Nc1ccc(-c2c(N)c3ccc(OC)cc3n2COC)cc1. The standard InChI is InChI=1S/C20H23N3O4/c1-4-27-20(24)22-14-7-5-13(6-8-14)19-18(21)16-10-9-15(26-3)11-17(16)23(19)12-25-2/h5-11H,4,12,21H2,1-3H3,(H,22,24). The van der Waals surface area contributed by atoms with Gasteiger partial charge in [0.15, 0.2) is 0 Å². The van der Waals surface area contributed by atoms with Crippen LogP contribution in [0.3, 0.4) is 0 Å². The van der Waals surface area contributed by atoms with Crippen LogP contribution in [0.4, 0.5) is 16.2 Å². The topological polar surface area (TPSA) is 87.7 Å². The summed E-state index contributed by atoms with van der Waals surface area (Å²) in [6.07, 6.45) is -0.481. The number of carbonyl (C=O) groups excluding carboxylic acids is 1. The predicted molar refractivity (Wildman–Crippen MR) is 106 cm³/mol. The molecule has 27 heavy (non-hydrogen) atoms. The van der Waals surface area contributed by atoms with Gasteiger partial charge in [-0.3, -0.25) is 5.32 Å². The molecule has 142 valence electrons. The first-order chi connectivity index (χ1) is 13.1. The van der Waals surface area contributed by atoms with Gasteiger partial charge in [0.05, 0.1) is 30.6 Å². The highest BCUT2D eigenvalue weighted by Gasteiger charge is 2.17. The van der Waals surface area contributed by atoms with Crippen molar-refractivity contribution in [3.63, 3.8) is 0 Å². The fourth-order valence-electron chi connectivity index (χ4n) is 3.05. The largest absolute Gasteiger partial charge is 0.497 e. The molecule has 0 bridgehead atoms. The summed E-state index contributed by atoms with van der Waals surface area (Å²) < 4.78 is 17.6. The normalized spacial score (nSPS) is 10.8. The van der Waals surface area contributed by atoms with Crippen LogP contribution < -0.4 is 15.8 Å². The van der Waals surface area contributed by atoms with Gasteiger partial charge in [0.1, 0.15) is 12.5 Å². The van der Waals surface area contributed by atoms with Crippen LogP contribution in [-0.4, -0.2) is 31.5 Å². The van der Waals surface area contributed by atoms with Gasteiger partial charge in [-0.25, -0.2) is 4.79 Å². The van der Waals surface area contributed by atoms with E-state index in [1.165, 1.54) is 0 Å². The maximum absolute atomic E-state index is 11.6. The Labute approximate surface area is 157 Å². The molecule has 3 aromatic rings. The number of benzene rings is 2. The minimum atomic E-state index is -0.481. The second-order valence-electron chi connectivity index (χ2n) is 5.91. The van der Waals surface area contributed by atoms with Gasteiger partial charge < -0.3 is 24.5 Å². The van der Waals surface area contributed by atoms with E-state index < -0.39 is 6.09 Å². The number of methoxy groups -OCH3 is 2. The van der Waals surface area contributed by atoms with Crippen molar-refractivity contribution < 1.29 is 19.0 Å². The first-order valence-electron chi connectivity index (χ1n) is 8.57. The highest BCUT2D eigenvalue weighted by Crippen LogP contribution is 2.38. The fourth-order valence-corrected chi connectivity index (χ4v) is 3.05. The van der Waals surface area contributed by atoms with Crippen molar-refractivity contribution in [2.45, 2.75) is 13.7 Å². The zero-order chi connectivity index (χ0) is 19.4. The molecule has 1 aromatic heterocycles. The van der Waals surface area contributed by atoms with Crippen molar-refractivity contribution >= 4 is 28.4 Å². The number of aromatic nitrogens is 1. The number of anilines is 2. The van der Waals surface area contributed by atoms with Gasteiger partial charge in [0, 0.05) is 29.8 Å². The summed E-state index contributed by atoms with van der Waals surface area (Å²) >= 11 is 0. The van der Waals surface area contributed by atoms with E-state index in [1.807, 2.05) is 34.9 Å². The molecule has 0 atom stereocenters. The Kier molecular flexibility index (Phi) is 5.52. The highest BCUT2D eigenvalue weighted by molar-refractivity contribution is 6.01. The maximum Gasteiger partial charge on any atom is 0.411 e. The molecule has 0 saturated heterocycles. The molecule has 1 heterocycles. The summed E-state index contributed by atoms with van der Waals surface area (Å²) in [4.78, 5) is 11.6. The Hall–Kier alpha value is -3.19. The summed E-state index contributed by atoms with van der Waals surface area (Å²) in [5.41, 5.74) is 10.4. The Bertz CT molecular complexity index is 948. The zero-order valence-corrected chi connectivity index (χ0v) is 15.6. The summed E-state index contributed by atoms with van der Waals surface area (Å²) in [6, 6.07) is 13.2. The lowest BCUT2D eigenvalue weighted by Gasteiger charge is -2.12. The quantitative estimate of drug-likeness (QED) is 0.684. The molecule has 0 unspecified atom stereocenters. The van der Waals surface area contributed by atoms with Crippen LogP contribution in [0.2, 0.25) is 0 Å². The van der Waals surface area contributed by atoms with Crippen molar-refractivity contribution in [3.05, 3.63) is 42.5 Å². The zero-order valence-electron chi connectivity index (χ0n) is 15.6. The van der Waals surface area contributed by atoms with E-state index in [0.717, 1.165) is 27.9 Å². The van der Waals surface area contributed by atoms with Gasteiger partial charge in [-0.2, -0.15) is 0 Å². The number of ether oxygens (including phenoxy) is 3. The number of hydrogen-bond donors (Lipinski definition) is 2. The number of fused-ring (bicyclic) bond motifs is 1. The van der Waals surface area contributed by atoms with Crippen LogP contribution in [0.1, 0.15) is 6.92 Å². The third-order valence-corrected chi connectivity index (χ3v) is 4.25. The molecule has 3 rings (SSSR count). The first kappa shape index (κ1) is 18.6. The van der Waals surface area contributed by atoms with Crippen molar-refractivity contribution in [1.82, 2.24) is 4.57 Å². The van der Waals surface area contributed by atoms with E-state index in [4.69, 9.17) is 19.9 Å². The molecule has 1 amide bonds. The second kappa shape index (κ2) is 8.01. The van der Waals surface area contributed by atoms with Crippen molar-refractivity contribution in [2.75, 3.05) is 31.9 Å². The average molecular weight is 369 g/mol. The number of nitrogens with zero attached hydrogens (tertiary/aromatic N) is 1. The van der Waals surface area contributed by atoms with Gasteiger partial charge in [0.2, 0.25) is 0 Å². The molecule has 0 spiro atoms. The van der Waals surface area contributed by atoms with E-state index in [0.29, 0.717) is 24.7 Å². The molecule has 7 nitrogen and oxygen atoms in total. The van der Waals surface area contributed by atoms with Crippen LogP contribution in [-0.2, 0) is 16.2 Å². The average Bonchev–Trinajstić information content (AvgIpc) is 2.94. The molecular weight excluding hydrogens is 346 g/mol. The van der Waals surface area contributed by atoms with Crippen molar-refractivity contribution in [3.8, 4) is 17.0 Å². The van der Waals surface area contributed by atoms with Crippen molar-refractivity contribution in [1.29, 1.82) is 0 Å². The van der Waals surface area contributed by atoms with E-state index >= 15 is 0 Å². The fraction of sp³-hybridized carbons (Fsp3) is 0.250. The second-order valence-corrected chi connectivity index (χ2v) is 5.91. The third-order valence-electron chi connectivity index (χ3n) is 4.25. The van der Waals surface area contributed by atoms with E-state index in [9.17, 15) is 4.79 Å². The van der Waals surface area contributed by atoms with Crippen LogP contribution >= 0.6 is 0 Å². The van der Waals surface area contributed by atoms with Crippen LogP contribution in [0.15, 0.2) is 42.5 Å². The molecule has 7 heteroatoms. The molecule has 2 aromatic carbocycles. The summed E-state index contributed by atoms with van der Waals surface area (Å²) in [5, 5.41) is 3.60. The molecule has 0 saturated carbocycles. The van der Waals surface area contributed by atoms with Crippen molar-refractivity contribution in [2.24, 2.45) is 0 Å². The van der Waals surface area contributed by atoms with Gasteiger partial charge in [-0.05, 0) is 31.2 Å². The smallest absolute Gasteiger partial charge is 0.411 e. The van der Waals surface area contributed by atoms with Crippen LogP contribution in [0.5, 0.6) is 5.75 Å². The molecule has 0 aliphatic carbocycles.